The zero-order chi connectivity index (χ0) is 13.2. The van der Waals surface area contributed by atoms with Crippen LogP contribution < -0.4 is 0 Å². The lowest BCUT2D eigenvalue weighted by molar-refractivity contribution is 0.0675. The molecule has 19 heavy (non-hydrogen) atoms. The second kappa shape index (κ2) is 5.13. The highest BCUT2D eigenvalue weighted by molar-refractivity contribution is 7.11. The van der Waals surface area contributed by atoms with Gasteiger partial charge in [-0.1, -0.05) is 0 Å². The number of amides is 1. The first-order valence-electron chi connectivity index (χ1n) is 6.34. The van der Waals surface area contributed by atoms with Crippen molar-refractivity contribution in [2.45, 2.75) is 25.7 Å². The summed E-state index contributed by atoms with van der Waals surface area (Å²) < 4.78 is 5.08. The number of thiazole rings is 1. The molecule has 1 aliphatic heterocycles. The molecule has 0 unspecified atom stereocenters. The Hall–Kier alpha value is -1.69. The van der Waals surface area contributed by atoms with Crippen LogP contribution in [0.3, 0.4) is 0 Å². The number of piperidine rings is 1. The van der Waals surface area contributed by atoms with Gasteiger partial charge in [-0.2, -0.15) is 0 Å². The van der Waals surface area contributed by atoms with Gasteiger partial charge in [0.2, 0.25) is 5.76 Å². The Morgan fingerprint density at radius 3 is 3.11 bits per heavy atom. The second-order valence-electron chi connectivity index (χ2n) is 4.77. The van der Waals surface area contributed by atoms with Gasteiger partial charge in [-0.3, -0.25) is 4.79 Å². The molecule has 1 aliphatic rings. The molecule has 1 amide bonds. The van der Waals surface area contributed by atoms with Crippen LogP contribution in [0.4, 0.5) is 0 Å². The fraction of sp³-hybridized carbons (Fsp3) is 0.462. The Morgan fingerprint density at radius 2 is 2.42 bits per heavy atom. The highest BCUT2D eigenvalue weighted by Crippen LogP contribution is 2.30. The van der Waals surface area contributed by atoms with Crippen LogP contribution >= 0.6 is 11.3 Å². The number of carbonyl (C=O) groups excluding carboxylic acids is 1. The first-order valence-corrected chi connectivity index (χ1v) is 7.16. The molecule has 0 aromatic carbocycles. The topological polar surface area (TPSA) is 59.2 Å². The maximum atomic E-state index is 12.2. The summed E-state index contributed by atoms with van der Waals surface area (Å²) >= 11 is 1.72. The van der Waals surface area contributed by atoms with Gasteiger partial charge < -0.3 is 9.32 Å². The molecular formula is C13H15N3O2S. The van der Waals surface area contributed by atoms with E-state index in [1.807, 2.05) is 11.1 Å². The minimum atomic E-state index is -0.0736. The molecule has 0 bridgehead atoms. The van der Waals surface area contributed by atoms with Crippen molar-refractivity contribution in [1.29, 1.82) is 0 Å². The smallest absolute Gasteiger partial charge is 0.291 e. The van der Waals surface area contributed by atoms with E-state index in [1.165, 1.54) is 17.5 Å². The van der Waals surface area contributed by atoms with E-state index in [0.29, 0.717) is 18.2 Å². The van der Waals surface area contributed by atoms with Crippen LogP contribution in [0.1, 0.15) is 39.2 Å². The fourth-order valence-corrected chi connectivity index (χ4v) is 3.30. The lowest BCUT2D eigenvalue weighted by Crippen LogP contribution is -2.38. The number of aromatic nitrogens is 2. The molecule has 0 aliphatic carbocycles. The van der Waals surface area contributed by atoms with E-state index < -0.39 is 0 Å². The molecule has 1 atom stereocenters. The van der Waals surface area contributed by atoms with Crippen LogP contribution in [0.15, 0.2) is 23.2 Å². The number of rotatable bonds is 2. The maximum absolute atomic E-state index is 12.2. The van der Waals surface area contributed by atoms with Gasteiger partial charge >= 0.3 is 0 Å². The van der Waals surface area contributed by atoms with Crippen LogP contribution in [0.2, 0.25) is 0 Å². The van der Waals surface area contributed by atoms with Crippen LogP contribution in [-0.4, -0.2) is 33.9 Å². The van der Waals surface area contributed by atoms with Crippen molar-refractivity contribution in [3.05, 3.63) is 34.4 Å². The van der Waals surface area contributed by atoms with E-state index in [-0.39, 0.29) is 5.91 Å². The Bertz CT molecular complexity index is 564. The van der Waals surface area contributed by atoms with Crippen molar-refractivity contribution in [2.75, 3.05) is 13.1 Å². The molecule has 2 aromatic heterocycles. The Morgan fingerprint density at radius 1 is 1.53 bits per heavy atom. The average molecular weight is 277 g/mol. The number of oxazole rings is 1. The third-order valence-corrected chi connectivity index (χ3v) is 4.42. The predicted octanol–water partition coefficient (Wildman–Crippen LogP) is 2.46. The third kappa shape index (κ3) is 2.53. The molecule has 100 valence electrons. The van der Waals surface area contributed by atoms with Gasteiger partial charge in [0.15, 0.2) is 6.39 Å². The van der Waals surface area contributed by atoms with Crippen molar-refractivity contribution in [1.82, 2.24) is 14.9 Å². The number of carbonyl (C=O) groups is 1. The molecule has 5 nitrogen and oxygen atoms in total. The van der Waals surface area contributed by atoms with Crippen molar-refractivity contribution in [3.8, 4) is 0 Å². The molecule has 0 spiro atoms. The normalized spacial score (nSPS) is 19.6. The van der Waals surface area contributed by atoms with Crippen LogP contribution in [0, 0.1) is 6.92 Å². The van der Waals surface area contributed by atoms with Crippen molar-refractivity contribution in [3.63, 3.8) is 0 Å². The average Bonchev–Trinajstić information content (AvgIpc) is 3.09. The van der Waals surface area contributed by atoms with Crippen LogP contribution in [0.5, 0.6) is 0 Å². The zero-order valence-corrected chi connectivity index (χ0v) is 11.5. The van der Waals surface area contributed by atoms with E-state index in [0.717, 1.165) is 24.4 Å². The van der Waals surface area contributed by atoms with Crippen LogP contribution in [0.25, 0.3) is 0 Å². The summed E-state index contributed by atoms with van der Waals surface area (Å²) in [5.74, 6) is 0.589. The maximum Gasteiger partial charge on any atom is 0.291 e. The summed E-state index contributed by atoms with van der Waals surface area (Å²) in [5.41, 5.74) is 0. The quantitative estimate of drug-likeness (QED) is 0.846. The van der Waals surface area contributed by atoms with E-state index in [1.54, 1.807) is 11.3 Å². The number of hydrogen-bond donors (Lipinski definition) is 0. The van der Waals surface area contributed by atoms with Gasteiger partial charge in [-0.25, -0.2) is 9.97 Å². The van der Waals surface area contributed by atoms with Gasteiger partial charge in [0.25, 0.3) is 5.91 Å². The minimum absolute atomic E-state index is 0.0736. The van der Waals surface area contributed by atoms with Gasteiger partial charge in [0.1, 0.15) is 0 Å². The number of nitrogens with zero attached hydrogens (tertiary/aromatic N) is 3. The van der Waals surface area contributed by atoms with Gasteiger partial charge in [0.05, 0.1) is 11.2 Å². The van der Waals surface area contributed by atoms with Crippen molar-refractivity contribution in [2.24, 2.45) is 0 Å². The summed E-state index contributed by atoms with van der Waals surface area (Å²) in [4.78, 5) is 23.5. The van der Waals surface area contributed by atoms with Crippen molar-refractivity contribution < 1.29 is 9.21 Å². The highest BCUT2D eigenvalue weighted by Gasteiger charge is 2.28. The fourth-order valence-electron chi connectivity index (χ4n) is 2.40. The minimum Gasteiger partial charge on any atom is -0.438 e. The molecule has 2 aromatic rings. The molecule has 3 heterocycles. The summed E-state index contributed by atoms with van der Waals surface area (Å²) in [6.45, 7) is 3.55. The van der Waals surface area contributed by atoms with Gasteiger partial charge in [0, 0.05) is 30.1 Å². The Kier molecular flexibility index (Phi) is 3.33. The molecule has 3 rings (SSSR count). The first kappa shape index (κ1) is 12.3. The molecule has 0 saturated carbocycles. The first-order chi connectivity index (χ1) is 9.24. The predicted molar refractivity (Wildman–Crippen MR) is 71.2 cm³/mol. The molecule has 1 fully saturated rings. The Labute approximate surface area is 115 Å². The largest absolute Gasteiger partial charge is 0.438 e. The van der Waals surface area contributed by atoms with E-state index in [2.05, 4.69) is 16.9 Å². The lowest BCUT2D eigenvalue weighted by Gasteiger charge is -2.31. The number of aryl methyl sites for hydroxylation is 1. The van der Waals surface area contributed by atoms with Crippen molar-refractivity contribution >= 4 is 17.2 Å². The summed E-state index contributed by atoms with van der Waals surface area (Å²) in [5, 5.41) is 1.13. The molecule has 6 heteroatoms. The highest BCUT2D eigenvalue weighted by atomic mass is 32.1. The van der Waals surface area contributed by atoms with Crippen LogP contribution in [-0.2, 0) is 0 Å². The van der Waals surface area contributed by atoms with E-state index in [9.17, 15) is 4.79 Å². The standard InChI is InChI=1S/C13H15N3O2S/c1-9-5-15-12(19-9)10-3-2-4-16(7-10)13(17)11-6-14-8-18-11/h5-6,8,10H,2-4,7H2,1H3/t10-/m1/s1. The summed E-state index contributed by atoms with van der Waals surface area (Å²) in [6, 6.07) is 0. The SMILES string of the molecule is Cc1cnc([C@@H]2CCCN(C(=O)c3cnco3)C2)s1. The zero-order valence-electron chi connectivity index (χ0n) is 10.7. The van der Waals surface area contributed by atoms with E-state index in [4.69, 9.17) is 4.42 Å². The third-order valence-electron chi connectivity index (χ3n) is 3.34. The number of likely N-dealkylation sites (tertiary alicyclic amines) is 1. The summed E-state index contributed by atoms with van der Waals surface area (Å²) in [7, 11) is 0. The monoisotopic (exact) mass is 277 g/mol. The van der Waals surface area contributed by atoms with Gasteiger partial charge in [-0.05, 0) is 19.8 Å². The molecule has 1 saturated heterocycles. The second-order valence-corrected chi connectivity index (χ2v) is 6.03. The number of hydrogen-bond acceptors (Lipinski definition) is 5. The molecule has 0 N–H and O–H groups in total. The molecule has 0 radical (unpaired) electrons. The molecular weight excluding hydrogens is 262 g/mol. The summed E-state index contributed by atoms with van der Waals surface area (Å²) in [6.07, 6.45) is 6.76. The lowest BCUT2D eigenvalue weighted by atomic mass is 9.98. The Balaban J connectivity index is 1.73. The van der Waals surface area contributed by atoms with E-state index >= 15 is 0 Å². The van der Waals surface area contributed by atoms with Gasteiger partial charge in [-0.15, -0.1) is 11.3 Å².